The highest BCUT2D eigenvalue weighted by Gasteiger charge is 2.17. The normalized spacial score (nSPS) is 12.4. The van der Waals surface area contributed by atoms with E-state index < -0.39 is 10.0 Å². The van der Waals surface area contributed by atoms with Crippen LogP contribution >= 0.6 is 23.7 Å². The van der Waals surface area contributed by atoms with Gasteiger partial charge in [0.25, 0.3) is 5.91 Å². The lowest BCUT2D eigenvalue weighted by molar-refractivity contribution is 0.0933. The highest BCUT2D eigenvalue weighted by atomic mass is 35.5. The van der Waals surface area contributed by atoms with Gasteiger partial charge in [-0.15, -0.1) is 23.7 Å². The molecule has 1 heterocycles. The molecule has 150 valence electrons. The Hall–Kier alpha value is -1.45. The van der Waals surface area contributed by atoms with E-state index >= 15 is 0 Å². The van der Waals surface area contributed by atoms with Crippen LogP contribution in [0.15, 0.2) is 46.7 Å². The van der Waals surface area contributed by atoms with E-state index in [0.29, 0.717) is 18.0 Å². The van der Waals surface area contributed by atoms with Crippen LogP contribution in [0.1, 0.15) is 35.5 Å². The molecule has 0 spiro atoms. The summed E-state index contributed by atoms with van der Waals surface area (Å²) in [5.74, 6) is 0.169. The van der Waals surface area contributed by atoms with Crippen molar-refractivity contribution in [3.05, 3.63) is 52.2 Å². The smallest absolute Gasteiger partial charge is 0.251 e. The lowest BCUT2D eigenvalue weighted by Gasteiger charge is -2.18. The standard InChI is InChI=1S/C18H25N3O3S2.ClH/c1-13(2)10-15(11-19)21-18(22)14-5-7-17(8-6-14)26(23,24)20-12-16-4-3-9-25-16;/h3-9,13,15,20H,10-12,19H2,1-2H3,(H,21,22);1H. The average molecular weight is 432 g/mol. The largest absolute Gasteiger partial charge is 0.348 e. The van der Waals surface area contributed by atoms with Crippen molar-refractivity contribution < 1.29 is 13.2 Å². The molecule has 0 aliphatic rings. The second-order valence-electron chi connectivity index (χ2n) is 6.46. The molecule has 1 atom stereocenters. The maximum atomic E-state index is 12.3. The molecular formula is C18H26ClN3O3S2. The van der Waals surface area contributed by atoms with Gasteiger partial charge in [0.15, 0.2) is 0 Å². The minimum atomic E-state index is -3.62. The number of carbonyl (C=O) groups excluding carboxylic acids is 1. The third-order valence-electron chi connectivity index (χ3n) is 3.82. The molecule has 6 nitrogen and oxygen atoms in total. The summed E-state index contributed by atoms with van der Waals surface area (Å²) in [4.78, 5) is 13.4. The van der Waals surface area contributed by atoms with Crippen molar-refractivity contribution >= 4 is 39.7 Å². The maximum absolute atomic E-state index is 12.3. The molecular weight excluding hydrogens is 406 g/mol. The number of hydrogen-bond acceptors (Lipinski definition) is 5. The Balaban J connectivity index is 0.00000364. The number of halogens is 1. The average Bonchev–Trinajstić information content (AvgIpc) is 3.12. The van der Waals surface area contributed by atoms with Gasteiger partial charge in [0.05, 0.1) is 4.90 Å². The fourth-order valence-corrected chi connectivity index (χ4v) is 4.24. The fraction of sp³-hybridized carbons (Fsp3) is 0.389. The van der Waals surface area contributed by atoms with Gasteiger partial charge >= 0.3 is 0 Å². The van der Waals surface area contributed by atoms with Gasteiger partial charge in [0.2, 0.25) is 10.0 Å². The van der Waals surface area contributed by atoms with Gasteiger partial charge in [-0.1, -0.05) is 19.9 Å². The van der Waals surface area contributed by atoms with E-state index in [-0.39, 0.29) is 35.8 Å². The number of carbonyl (C=O) groups is 1. The minimum absolute atomic E-state index is 0. The van der Waals surface area contributed by atoms with E-state index in [9.17, 15) is 13.2 Å². The van der Waals surface area contributed by atoms with Gasteiger partial charge < -0.3 is 11.1 Å². The molecule has 0 radical (unpaired) electrons. The van der Waals surface area contributed by atoms with Crippen molar-refractivity contribution in [1.29, 1.82) is 0 Å². The fourth-order valence-electron chi connectivity index (χ4n) is 2.50. The van der Waals surface area contributed by atoms with E-state index in [2.05, 4.69) is 23.9 Å². The molecule has 2 aromatic rings. The molecule has 2 rings (SSSR count). The summed E-state index contributed by atoms with van der Waals surface area (Å²) < 4.78 is 27.2. The topological polar surface area (TPSA) is 101 Å². The third kappa shape index (κ3) is 7.23. The second kappa shape index (κ2) is 10.8. The highest BCUT2D eigenvalue weighted by molar-refractivity contribution is 7.89. The van der Waals surface area contributed by atoms with Crippen LogP contribution in [0.25, 0.3) is 0 Å². The predicted octanol–water partition coefficient (Wildman–Crippen LogP) is 2.75. The van der Waals surface area contributed by atoms with Crippen molar-refractivity contribution in [3.8, 4) is 0 Å². The van der Waals surface area contributed by atoms with Crippen LogP contribution in [0.3, 0.4) is 0 Å². The van der Waals surface area contributed by atoms with Gasteiger partial charge in [0, 0.05) is 29.6 Å². The molecule has 0 saturated carbocycles. The Morgan fingerprint density at radius 2 is 1.85 bits per heavy atom. The summed E-state index contributed by atoms with van der Waals surface area (Å²) in [5, 5.41) is 4.78. The lowest BCUT2D eigenvalue weighted by Crippen LogP contribution is -2.41. The predicted molar refractivity (Wildman–Crippen MR) is 112 cm³/mol. The van der Waals surface area contributed by atoms with Gasteiger partial charge in [-0.25, -0.2) is 13.1 Å². The minimum Gasteiger partial charge on any atom is -0.348 e. The Morgan fingerprint density at radius 3 is 2.37 bits per heavy atom. The van der Waals surface area contributed by atoms with Crippen molar-refractivity contribution in [1.82, 2.24) is 10.0 Å². The molecule has 4 N–H and O–H groups in total. The number of sulfonamides is 1. The lowest BCUT2D eigenvalue weighted by atomic mass is 10.0. The summed E-state index contributed by atoms with van der Waals surface area (Å²) in [7, 11) is -3.62. The zero-order valence-corrected chi connectivity index (χ0v) is 17.8. The SMILES string of the molecule is CC(C)CC(CN)NC(=O)c1ccc(S(=O)(=O)NCc2cccs2)cc1.Cl. The van der Waals surface area contributed by atoms with Crippen LogP contribution in [-0.4, -0.2) is 26.9 Å². The van der Waals surface area contributed by atoms with E-state index in [4.69, 9.17) is 5.73 Å². The highest BCUT2D eigenvalue weighted by Crippen LogP contribution is 2.14. The van der Waals surface area contributed by atoms with Gasteiger partial charge in [0.1, 0.15) is 0 Å². The van der Waals surface area contributed by atoms with Crippen LogP contribution in [0.2, 0.25) is 0 Å². The molecule has 0 saturated heterocycles. The molecule has 1 unspecified atom stereocenters. The third-order valence-corrected chi connectivity index (χ3v) is 6.11. The Bertz CT molecular complexity index is 807. The van der Waals surface area contributed by atoms with Crippen LogP contribution in [0, 0.1) is 5.92 Å². The Kier molecular flexibility index (Phi) is 9.41. The molecule has 0 aliphatic carbocycles. The van der Waals surface area contributed by atoms with Crippen molar-refractivity contribution in [2.45, 2.75) is 37.8 Å². The number of nitrogens with two attached hydrogens (primary N) is 1. The first-order chi connectivity index (χ1) is 12.3. The monoisotopic (exact) mass is 431 g/mol. The maximum Gasteiger partial charge on any atom is 0.251 e. The Labute approximate surface area is 171 Å². The molecule has 9 heteroatoms. The van der Waals surface area contributed by atoms with Crippen molar-refractivity contribution in [2.24, 2.45) is 11.7 Å². The first-order valence-corrected chi connectivity index (χ1v) is 10.8. The quantitative estimate of drug-likeness (QED) is 0.568. The summed E-state index contributed by atoms with van der Waals surface area (Å²) >= 11 is 1.49. The van der Waals surface area contributed by atoms with Crippen LogP contribution in [0.5, 0.6) is 0 Å². The number of rotatable bonds is 9. The molecule has 1 amide bonds. The number of hydrogen-bond donors (Lipinski definition) is 3. The van der Waals surface area contributed by atoms with Crippen molar-refractivity contribution in [2.75, 3.05) is 6.54 Å². The molecule has 0 aliphatic heterocycles. The second-order valence-corrected chi connectivity index (χ2v) is 9.26. The molecule has 0 fully saturated rings. The van der Waals surface area contributed by atoms with E-state index in [1.54, 1.807) is 0 Å². The van der Waals surface area contributed by atoms with E-state index in [1.807, 2.05) is 17.5 Å². The van der Waals surface area contributed by atoms with Gasteiger partial charge in [-0.2, -0.15) is 0 Å². The van der Waals surface area contributed by atoms with E-state index in [1.165, 1.54) is 35.6 Å². The number of nitrogens with one attached hydrogen (secondary N) is 2. The first kappa shape index (κ1) is 23.6. The Morgan fingerprint density at radius 1 is 1.19 bits per heavy atom. The number of amides is 1. The van der Waals surface area contributed by atoms with Crippen LogP contribution < -0.4 is 15.8 Å². The van der Waals surface area contributed by atoms with E-state index in [0.717, 1.165) is 11.3 Å². The summed E-state index contributed by atoms with van der Waals surface area (Å²) in [6, 6.07) is 9.53. The van der Waals surface area contributed by atoms with Gasteiger partial charge in [-0.3, -0.25) is 4.79 Å². The molecule has 1 aromatic heterocycles. The molecule has 27 heavy (non-hydrogen) atoms. The van der Waals surface area contributed by atoms with Gasteiger partial charge in [-0.05, 0) is 48.1 Å². The van der Waals surface area contributed by atoms with Crippen LogP contribution in [0.4, 0.5) is 0 Å². The summed E-state index contributed by atoms with van der Waals surface area (Å²) in [5.41, 5.74) is 6.11. The first-order valence-electron chi connectivity index (χ1n) is 8.45. The number of benzene rings is 1. The zero-order valence-electron chi connectivity index (χ0n) is 15.3. The summed E-state index contributed by atoms with van der Waals surface area (Å²) in [6.07, 6.45) is 0.793. The summed E-state index contributed by atoms with van der Waals surface area (Å²) in [6.45, 7) is 4.74. The van der Waals surface area contributed by atoms with Crippen molar-refractivity contribution in [3.63, 3.8) is 0 Å². The number of thiophene rings is 1. The molecule has 1 aromatic carbocycles. The zero-order chi connectivity index (χ0) is 19.2. The van der Waals surface area contributed by atoms with Crippen LogP contribution in [-0.2, 0) is 16.6 Å². The molecule has 0 bridgehead atoms.